The van der Waals surface area contributed by atoms with E-state index in [4.69, 9.17) is 9.47 Å². The van der Waals surface area contributed by atoms with Gasteiger partial charge in [-0.1, -0.05) is 55.8 Å². The van der Waals surface area contributed by atoms with Gasteiger partial charge in [0, 0.05) is 45.2 Å². The van der Waals surface area contributed by atoms with Gasteiger partial charge >= 0.3 is 0 Å². The molecule has 1 heterocycles. The molecule has 1 N–H and O–H groups in total. The molecule has 2 aromatic carbocycles. The Morgan fingerprint density at radius 1 is 1.03 bits per heavy atom. The van der Waals surface area contributed by atoms with Crippen molar-refractivity contribution in [1.29, 1.82) is 0 Å². The number of ether oxygens (including phenoxy) is 2. The molecule has 0 atom stereocenters. The molecule has 1 amide bonds. The van der Waals surface area contributed by atoms with Crippen molar-refractivity contribution in [3.63, 3.8) is 0 Å². The number of amides is 1. The number of hydrogen-bond acceptors (Lipinski definition) is 5. The lowest BCUT2D eigenvalue weighted by Crippen LogP contribution is -2.53. The smallest absolute Gasteiger partial charge is 0.282 e. The van der Waals surface area contributed by atoms with E-state index in [0.29, 0.717) is 63.5 Å². The SMILES string of the molecule is CCCCN(CCOC)S(=O)(=O)N1CCC(CNC(=O)c2ccccc2OC)(c2ccccc2)CC1. The molecule has 3 rings (SSSR count). The van der Waals surface area contributed by atoms with Crippen LogP contribution in [-0.4, -0.2) is 76.5 Å². The van der Waals surface area contributed by atoms with Crippen LogP contribution in [0, 0.1) is 0 Å². The molecule has 1 aliphatic heterocycles. The Hall–Kier alpha value is -2.46. The van der Waals surface area contributed by atoms with Gasteiger partial charge < -0.3 is 14.8 Å². The molecular formula is C27H39N3O5S. The molecule has 0 bridgehead atoms. The zero-order valence-electron chi connectivity index (χ0n) is 21.6. The first-order valence-corrected chi connectivity index (χ1v) is 14.0. The summed E-state index contributed by atoms with van der Waals surface area (Å²) in [6, 6.07) is 17.2. The van der Waals surface area contributed by atoms with Crippen LogP contribution in [0.1, 0.15) is 48.5 Å². The standard InChI is InChI=1S/C27H39N3O5S/c1-4-5-17-29(20-21-34-2)36(32,33)30-18-15-27(16-19-30,23-11-7-6-8-12-23)22-28-26(31)24-13-9-10-14-25(24)35-3/h6-14H,4-5,15-22H2,1-3H3,(H,28,31). The van der Waals surface area contributed by atoms with Crippen LogP contribution in [0.25, 0.3) is 0 Å². The second kappa shape index (κ2) is 13.2. The van der Waals surface area contributed by atoms with E-state index in [1.807, 2.05) is 30.3 Å². The quantitative estimate of drug-likeness (QED) is 0.440. The third-order valence-corrected chi connectivity index (χ3v) is 9.00. The summed E-state index contributed by atoms with van der Waals surface area (Å²) in [5.41, 5.74) is 1.21. The molecular weight excluding hydrogens is 478 g/mol. The Balaban J connectivity index is 1.77. The zero-order chi connectivity index (χ0) is 26.0. The van der Waals surface area contributed by atoms with Crippen molar-refractivity contribution in [1.82, 2.24) is 13.9 Å². The molecule has 0 spiro atoms. The fourth-order valence-corrected chi connectivity index (χ4v) is 6.35. The molecule has 0 unspecified atom stereocenters. The van der Waals surface area contributed by atoms with E-state index in [9.17, 15) is 13.2 Å². The molecule has 1 saturated heterocycles. The van der Waals surface area contributed by atoms with Crippen LogP contribution < -0.4 is 10.1 Å². The summed E-state index contributed by atoms with van der Waals surface area (Å²) < 4.78 is 40.6. The van der Waals surface area contributed by atoms with Crippen molar-refractivity contribution in [3.05, 3.63) is 65.7 Å². The van der Waals surface area contributed by atoms with Crippen LogP contribution in [0.5, 0.6) is 5.75 Å². The number of methoxy groups -OCH3 is 2. The highest BCUT2D eigenvalue weighted by Gasteiger charge is 2.41. The van der Waals surface area contributed by atoms with Crippen LogP contribution in [0.2, 0.25) is 0 Å². The Morgan fingerprint density at radius 3 is 2.33 bits per heavy atom. The number of rotatable bonds is 13. The second-order valence-electron chi connectivity index (χ2n) is 9.18. The first-order chi connectivity index (χ1) is 17.4. The fraction of sp³-hybridized carbons (Fsp3) is 0.519. The maximum Gasteiger partial charge on any atom is 0.282 e. The molecule has 0 radical (unpaired) electrons. The van der Waals surface area contributed by atoms with Crippen LogP contribution in [0.3, 0.4) is 0 Å². The predicted octanol–water partition coefficient (Wildman–Crippen LogP) is 3.45. The number of carbonyl (C=O) groups excluding carboxylic acids is 1. The third kappa shape index (κ3) is 6.64. The van der Waals surface area contributed by atoms with E-state index >= 15 is 0 Å². The maximum atomic E-state index is 13.5. The first-order valence-electron chi connectivity index (χ1n) is 12.6. The molecule has 1 fully saturated rings. The molecule has 9 heteroatoms. The Morgan fingerprint density at radius 2 is 1.69 bits per heavy atom. The Labute approximate surface area is 215 Å². The molecule has 1 aliphatic rings. The van der Waals surface area contributed by atoms with Gasteiger partial charge in [-0.05, 0) is 37.0 Å². The molecule has 198 valence electrons. The topological polar surface area (TPSA) is 88.2 Å². The van der Waals surface area contributed by atoms with Crippen molar-refractivity contribution >= 4 is 16.1 Å². The normalized spacial score (nSPS) is 16.1. The average molecular weight is 518 g/mol. The summed E-state index contributed by atoms with van der Waals surface area (Å²) in [7, 11) is -0.473. The van der Waals surface area contributed by atoms with Crippen LogP contribution in [-0.2, 0) is 20.4 Å². The van der Waals surface area contributed by atoms with E-state index in [1.54, 1.807) is 35.0 Å². The van der Waals surface area contributed by atoms with Crippen molar-refractivity contribution in [2.24, 2.45) is 0 Å². The predicted molar refractivity (Wildman–Crippen MR) is 142 cm³/mol. The molecule has 0 aliphatic carbocycles. The minimum atomic E-state index is -3.60. The fourth-order valence-electron chi connectivity index (χ4n) is 4.71. The van der Waals surface area contributed by atoms with Gasteiger partial charge in [-0.25, -0.2) is 0 Å². The highest BCUT2D eigenvalue weighted by molar-refractivity contribution is 7.86. The lowest BCUT2D eigenvalue weighted by atomic mass is 9.73. The van der Waals surface area contributed by atoms with E-state index in [0.717, 1.165) is 18.4 Å². The summed E-state index contributed by atoms with van der Waals surface area (Å²) in [6.45, 7) is 4.42. The van der Waals surface area contributed by atoms with Gasteiger partial charge in [0.2, 0.25) is 0 Å². The van der Waals surface area contributed by atoms with Gasteiger partial charge in [0.25, 0.3) is 16.1 Å². The van der Waals surface area contributed by atoms with Gasteiger partial charge in [0.15, 0.2) is 0 Å². The van der Waals surface area contributed by atoms with Gasteiger partial charge in [-0.2, -0.15) is 17.0 Å². The van der Waals surface area contributed by atoms with Crippen LogP contribution >= 0.6 is 0 Å². The van der Waals surface area contributed by atoms with Gasteiger partial charge in [-0.3, -0.25) is 4.79 Å². The maximum absolute atomic E-state index is 13.5. The number of nitrogens with zero attached hydrogens (tertiary/aromatic N) is 2. The van der Waals surface area contributed by atoms with E-state index in [1.165, 1.54) is 0 Å². The highest BCUT2D eigenvalue weighted by Crippen LogP contribution is 2.36. The lowest BCUT2D eigenvalue weighted by molar-refractivity contribution is 0.0929. The van der Waals surface area contributed by atoms with E-state index in [2.05, 4.69) is 24.4 Å². The van der Waals surface area contributed by atoms with Crippen LogP contribution in [0.4, 0.5) is 0 Å². The van der Waals surface area contributed by atoms with Gasteiger partial charge in [0.1, 0.15) is 5.75 Å². The number of para-hydroxylation sites is 1. The molecule has 0 saturated carbocycles. The number of benzene rings is 2. The highest BCUT2D eigenvalue weighted by atomic mass is 32.2. The summed E-state index contributed by atoms with van der Waals surface area (Å²) in [6.07, 6.45) is 2.93. The van der Waals surface area contributed by atoms with Crippen molar-refractivity contribution < 1.29 is 22.7 Å². The molecule has 36 heavy (non-hydrogen) atoms. The molecule has 2 aromatic rings. The summed E-state index contributed by atoms with van der Waals surface area (Å²) in [4.78, 5) is 13.0. The lowest BCUT2D eigenvalue weighted by Gasteiger charge is -2.43. The number of unbranched alkanes of at least 4 members (excludes halogenated alkanes) is 1. The second-order valence-corrected chi connectivity index (χ2v) is 11.1. The summed E-state index contributed by atoms with van der Waals surface area (Å²) >= 11 is 0. The largest absolute Gasteiger partial charge is 0.496 e. The number of carbonyl (C=O) groups is 1. The number of nitrogens with one attached hydrogen (secondary N) is 1. The summed E-state index contributed by atoms with van der Waals surface area (Å²) in [5.74, 6) is 0.316. The number of hydrogen-bond donors (Lipinski definition) is 1. The number of piperidine rings is 1. The minimum absolute atomic E-state index is 0.205. The van der Waals surface area contributed by atoms with E-state index in [-0.39, 0.29) is 11.3 Å². The van der Waals surface area contributed by atoms with Gasteiger partial charge in [-0.15, -0.1) is 0 Å². The van der Waals surface area contributed by atoms with Crippen molar-refractivity contribution in [3.8, 4) is 5.75 Å². The van der Waals surface area contributed by atoms with Crippen LogP contribution in [0.15, 0.2) is 54.6 Å². The average Bonchev–Trinajstić information content (AvgIpc) is 2.92. The summed E-state index contributed by atoms with van der Waals surface area (Å²) in [5, 5.41) is 3.10. The van der Waals surface area contributed by atoms with Crippen molar-refractivity contribution in [2.45, 2.75) is 38.0 Å². The zero-order valence-corrected chi connectivity index (χ0v) is 22.4. The van der Waals surface area contributed by atoms with E-state index < -0.39 is 10.2 Å². The Kier molecular flexibility index (Phi) is 10.3. The first kappa shape index (κ1) is 28.1. The van der Waals surface area contributed by atoms with Crippen molar-refractivity contribution in [2.75, 3.05) is 53.6 Å². The third-order valence-electron chi connectivity index (χ3n) is 6.96. The minimum Gasteiger partial charge on any atom is -0.496 e. The molecule has 8 nitrogen and oxygen atoms in total. The monoisotopic (exact) mass is 517 g/mol. The van der Waals surface area contributed by atoms with Gasteiger partial charge in [0.05, 0.1) is 19.3 Å². The molecule has 0 aromatic heterocycles. The Bertz CT molecular complexity index is 1060.